The van der Waals surface area contributed by atoms with Crippen molar-refractivity contribution in [1.82, 2.24) is 24.5 Å². The van der Waals surface area contributed by atoms with Crippen molar-refractivity contribution in [2.24, 2.45) is 0 Å². The maximum absolute atomic E-state index is 5.86. The van der Waals surface area contributed by atoms with E-state index in [0.29, 0.717) is 6.54 Å². The number of benzene rings is 1. The van der Waals surface area contributed by atoms with Gasteiger partial charge in [0.2, 0.25) is 0 Å². The quantitative estimate of drug-likeness (QED) is 0.724. The second kappa shape index (κ2) is 5.88. The van der Waals surface area contributed by atoms with Gasteiger partial charge >= 0.3 is 0 Å². The smallest absolute Gasteiger partial charge is 0.102 e. The van der Waals surface area contributed by atoms with Gasteiger partial charge in [0.1, 0.15) is 5.69 Å². The number of hydrogen-bond acceptors (Lipinski definition) is 3. The topological polar surface area (TPSA) is 48.5 Å². The highest BCUT2D eigenvalue weighted by Crippen LogP contribution is 2.10. The first-order valence-electron chi connectivity index (χ1n) is 6.39. The summed E-state index contributed by atoms with van der Waals surface area (Å²) in [6, 6.07) is 7.88. The lowest BCUT2D eigenvalue weighted by atomic mass is 10.1. The van der Waals surface area contributed by atoms with Crippen molar-refractivity contribution in [2.45, 2.75) is 19.5 Å². The fraction of sp³-hybridized carbons (Fsp3) is 0.214. The van der Waals surface area contributed by atoms with Crippen LogP contribution in [0.2, 0.25) is 5.02 Å². The summed E-state index contributed by atoms with van der Waals surface area (Å²) in [7, 11) is 0. The number of imidazole rings is 1. The highest BCUT2D eigenvalue weighted by molar-refractivity contribution is 6.30. The monoisotopic (exact) mass is 287 g/mol. The zero-order valence-electron chi connectivity index (χ0n) is 10.9. The van der Waals surface area contributed by atoms with Crippen molar-refractivity contribution in [3.05, 3.63) is 65.5 Å². The predicted molar refractivity (Wildman–Crippen MR) is 76.5 cm³/mol. The molecular weight excluding hydrogens is 274 g/mol. The summed E-state index contributed by atoms with van der Waals surface area (Å²) in [6.07, 6.45) is 8.31. The molecule has 0 saturated heterocycles. The van der Waals surface area contributed by atoms with Gasteiger partial charge in [-0.3, -0.25) is 4.68 Å². The summed E-state index contributed by atoms with van der Waals surface area (Å²) < 4.78 is 3.83. The van der Waals surface area contributed by atoms with Gasteiger partial charge in [-0.1, -0.05) is 28.9 Å². The van der Waals surface area contributed by atoms with E-state index in [1.165, 1.54) is 5.56 Å². The molecule has 2 aromatic heterocycles. The van der Waals surface area contributed by atoms with E-state index in [4.69, 9.17) is 11.6 Å². The normalized spacial score (nSPS) is 10.8. The third kappa shape index (κ3) is 3.24. The first-order chi connectivity index (χ1) is 9.79. The second-order valence-corrected chi connectivity index (χ2v) is 5.02. The molecule has 0 fully saturated rings. The minimum atomic E-state index is 0.695. The van der Waals surface area contributed by atoms with Gasteiger partial charge in [-0.2, -0.15) is 0 Å². The first kappa shape index (κ1) is 12.9. The zero-order valence-corrected chi connectivity index (χ0v) is 11.6. The van der Waals surface area contributed by atoms with Crippen molar-refractivity contribution >= 4 is 11.6 Å². The van der Waals surface area contributed by atoms with Crippen LogP contribution in [-0.4, -0.2) is 24.5 Å². The van der Waals surface area contributed by atoms with Crippen molar-refractivity contribution in [3.63, 3.8) is 0 Å². The Morgan fingerprint density at radius 1 is 1.15 bits per heavy atom. The van der Waals surface area contributed by atoms with Gasteiger partial charge in [-0.05, 0) is 24.1 Å². The molecule has 2 heterocycles. The number of nitrogens with zero attached hydrogens (tertiary/aromatic N) is 5. The Hall–Kier alpha value is -2.14. The standard InChI is InChI=1S/C14H14ClN5/c15-13-3-1-12(2-4-13)5-7-20-10-14(17-18-20)9-19-8-6-16-11-19/h1-4,6,8,10-11H,5,7,9H2. The van der Waals surface area contributed by atoms with Crippen LogP contribution in [0.1, 0.15) is 11.3 Å². The average Bonchev–Trinajstić information content (AvgIpc) is 3.11. The van der Waals surface area contributed by atoms with Crippen molar-refractivity contribution < 1.29 is 0 Å². The highest BCUT2D eigenvalue weighted by atomic mass is 35.5. The maximum atomic E-state index is 5.86. The lowest BCUT2D eigenvalue weighted by Gasteiger charge is -2.01. The third-order valence-electron chi connectivity index (χ3n) is 3.03. The highest BCUT2D eigenvalue weighted by Gasteiger charge is 2.02. The van der Waals surface area contributed by atoms with E-state index in [2.05, 4.69) is 15.3 Å². The Morgan fingerprint density at radius 3 is 2.75 bits per heavy atom. The van der Waals surface area contributed by atoms with Crippen molar-refractivity contribution in [3.8, 4) is 0 Å². The van der Waals surface area contributed by atoms with Crippen LogP contribution < -0.4 is 0 Å². The first-order valence-corrected chi connectivity index (χ1v) is 6.76. The molecule has 0 aliphatic rings. The summed E-state index contributed by atoms with van der Waals surface area (Å²) >= 11 is 5.86. The molecule has 0 atom stereocenters. The molecule has 0 spiro atoms. The van der Waals surface area contributed by atoms with Gasteiger partial charge in [-0.25, -0.2) is 4.98 Å². The summed E-state index contributed by atoms with van der Waals surface area (Å²) in [6.45, 7) is 1.50. The third-order valence-corrected chi connectivity index (χ3v) is 3.28. The second-order valence-electron chi connectivity index (χ2n) is 4.58. The summed E-state index contributed by atoms with van der Waals surface area (Å²) in [5.74, 6) is 0. The Kier molecular flexibility index (Phi) is 3.78. The summed E-state index contributed by atoms with van der Waals surface area (Å²) in [5.41, 5.74) is 2.17. The Bertz CT molecular complexity index is 657. The molecule has 0 bridgehead atoms. The Balaban J connectivity index is 1.58. The van der Waals surface area contributed by atoms with Gasteiger partial charge in [-0.15, -0.1) is 5.10 Å². The lowest BCUT2D eigenvalue weighted by Crippen LogP contribution is -2.02. The largest absolute Gasteiger partial charge is 0.331 e. The van der Waals surface area contributed by atoms with Crippen LogP contribution in [0.5, 0.6) is 0 Å². The molecule has 5 nitrogen and oxygen atoms in total. The number of halogens is 1. The van der Waals surface area contributed by atoms with E-state index in [-0.39, 0.29) is 0 Å². The van der Waals surface area contributed by atoms with Gasteiger partial charge in [0.05, 0.1) is 19.1 Å². The Labute approximate surface area is 121 Å². The van der Waals surface area contributed by atoms with E-state index in [0.717, 1.165) is 23.7 Å². The molecule has 0 aliphatic carbocycles. The summed E-state index contributed by atoms with van der Waals surface area (Å²) in [5, 5.41) is 9.06. The van der Waals surface area contributed by atoms with E-state index in [1.807, 2.05) is 45.9 Å². The number of rotatable bonds is 5. The lowest BCUT2D eigenvalue weighted by molar-refractivity contribution is 0.589. The van der Waals surface area contributed by atoms with Crippen LogP contribution in [-0.2, 0) is 19.5 Å². The molecule has 6 heteroatoms. The molecule has 0 saturated carbocycles. The zero-order chi connectivity index (χ0) is 13.8. The molecule has 0 N–H and O–H groups in total. The molecule has 20 heavy (non-hydrogen) atoms. The van der Waals surface area contributed by atoms with Crippen molar-refractivity contribution in [1.29, 1.82) is 0 Å². The molecule has 0 aliphatic heterocycles. The van der Waals surface area contributed by atoms with Gasteiger partial charge in [0.25, 0.3) is 0 Å². The predicted octanol–water partition coefficient (Wildman–Crippen LogP) is 2.42. The van der Waals surface area contributed by atoms with Gasteiger partial charge in [0, 0.05) is 24.0 Å². The number of aromatic nitrogens is 5. The minimum Gasteiger partial charge on any atom is -0.331 e. The molecule has 3 aromatic rings. The molecule has 0 radical (unpaired) electrons. The minimum absolute atomic E-state index is 0.695. The Morgan fingerprint density at radius 2 is 2.00 bits per heavy atom. The van der Waals surface area contributed by atoms with E-state index >= 15 is 0 Å². The van der Waals surface area contributed by atoms with E-state index in [9.17, 15) is 0 Å². The fourth-order valence-corrected chi connectivity index (χ4v) is 2.11. The number of aryl methyl sites for hydroxylation is 2. The van der Waals surface area contributed by atoms with Crippen LogP contribution >= 0.6 is 11.6 Å². The average molecular weight is 288 g/mol. The van der Waals surface area contributed by atoms with Crippen LogP contribution in [0.3, 0.4) is 0 Å². The molecule has 0 amide bonds. The number of hydrogen-bond donors (Lipinski definition) is 0. The van der Waals surface area contributed by atoms with Crippen molar-refractivity contribution in [2.75, 3.05) is 0 Å². The SMILES string of the molecule is Clc1ccc(CCn2cc(Cn3ccnc3)nn2)cc1. The fourth-order valence-electron chi connectivity index (χ4n) is 1.98. The summed E-state index contributed by atoms with van der Waals surface area (Å²) in [4.78, 5) is 4.01. The van der Waals surface area contributed by atoms with Crippen LogP contribution in [0.15, 0.2) is 49.2 Å². The van der Waals surface area contributed by atoms with Crippen LogP contribution in [0, 0.1) is 0 Å². The van der Waals surface area contributed by atoms with Crippen LogP contribution in [0.25, 0.3) is 0 Å². The molecule has 1 aromatic carbocycles. The van der Waals surface area contributed by atoms with Gasteiger partial charge in [0.15, 0.2) is 0 Å². The molecule has 102 valence electrons. The van der Waals surface area contributed by atoms with E-state index in [1.54, 1.807) is 12.5 Å². The molecule has 0 unspecified atom stereocenters. The van der Waals surface area contributed by atoms with Gasteiger partial charge < -0.3 is 4.57 Å². The molecule has 3 rings (SSSR count). The van der Waals surface area contributed by atoms with Crippen LogP contribution in [0.4, 0.5) is 0 Å². The maximum Gasteiger partial charge on any atom is 0.102 e. The molecular formula is C14H14ClN5. The van der Waals surface area contributed by atoms with E-state index < -0.39 is 0 Å².